The van der Waals surface area contributed by atoms with Crippen molar-refractivity contribution < 1.29 is 14.7 Å². The van der Waals surface area contributed by atoms with Crippen molar-refractivity contribution in [2.75, 3.05) is 27.2 Å². The topological polar surface area (TPSA) is 81.7 Å². The van der Waals surface area contributed by atoms with E-state index < -0.39 is 11.9 Å². The van der Waals surface area contributed by atoms with Crippen molar-refractivity contribution in [2.24, 2.45) is 5.92 Å². The molecule has 1 rings (SSSR count). The van der Waals surface area contributed by atoms with Crippen molar-refractivity contribution in [3.05, 3.63) is 12.2 Å². The molecule has 0 radical (unpaired) electrons. The molecule has 2 amide bonds. The molecule has 3 N–H and O–H groups in total. The Morgan fingerprint density at radius 1 is 1.39 bits per heavy atom. The minimum atomic E-state index is -0.845. The highest BCUT2D eigenvalue weighted by Gasteiger charge is 2.25. The van der Waals surface area contributed by atoms with Crippen LogP contribution in [0.15, 0.2) is 12.2 Å². The number of carbonyl (C=O) groups excluding carboxylic acids is 1. The lowest BCUT2D eigenvalue weighted by molar-refractivity contribution is -0.140. The Kier molecular flexibility index (Phi) is 5.64. The van der Waals surface area contributed by atoms with Gasteiger partial charge in [-0.3, -0.25) is 4.79 Å². The van der Waals surface area contributed by atoms with Crippen LogP contribution in [-0.4, -0.2) is 55.2 Å². The van der Waals surface area contributed by atoms with Gasteiger partial charge in [-0.25, -0.2) is 4.79 Å². The van der Waals surface area contributed by atoms with Gasteiger partial charge < -0.3 is 20.6 Å². The Labute approximate surface area is 107 Å². The van der Waals surface area contributed by atoms with E-state index in [4.69, 9.17) is 5.11 Å². The summed E-state index contributed by atoms with van der Waals surface area (Å²) in [6.07, 6.45) is 4.68. The molecule has 0 fully saturated rings. The zero-order chi connectivity index (χ0) is 13.5. The van der Waals surface area contributed by atoms with Crippen LogP contribution in [0.5, 0.6) is 0 Å². The number of nitrogens with zero attached hydrogens (tertiary/aromatic N) is 1. The van der Waals surface area contributed by atoms with Crippen molar-refractivity contribution >= 4 is 12.0 Å². The van der Waals surface area contributed by atoms with Gasteiger partial charge in [0.25, 0.3) is 0 Å². The largest absolute Gasteiger partial charge is 0.481 e. The van der Waals surface area contributed by atoms with E-state index in [9.17, 15) is 9.59 Å². The Hall–Kier alpha value is -1.56. The first kappa shape index (κ1) is 14.5. The SMILES string of the molecule is CN(C)CCCNC(=O)NC1C=CC(C(=O)O)C1. The summed E-state index contributed by atoms with van der Waals surface area (Å²) >= 11 is 0. The number of nitrogens with one attached hydrogen (secondary N) is 2. The van der Waals surface area contributed by atoms with Crippen LogP contribution < -0.4 is 10.6 Å². The van der Waals surface area contributed by atoms with Crippen molar-refractivity contribution in [3.8, 4) is 0 Å². The van der Waals surface area contributed by atoms with Crippen molar-refractivity contribution in [1.82, 2.24) is 15.5 Å². The van der Waals surface area contributed by atoms with Crippen LogP contribution >= 0.6 is 0 Å². The number of carboxylic acid groups (broad SMARTS) is 1. The van der Waals surface area contributed by atoms with Crippen molar-refractivity contribution in [1.29, 1.82) is 0 Å². The maximum absolute atomic E-state index is 11.5. The Balaban J connectivity index is 2.14. The molecule has 0 saturated carbocycles. The smallest absolute Gasteiger partial charge is 0.315 e. The number of carboxylic acids is 1. The number of rotatable bonds is 6. The molecule has 102 valence electrons. The third-order valence-electron chi connectivity index (χ3n) is 2.78. The average molecular weight is 255 g/mol. The standard InChI is InChI=1S/C12H21N3O3/c1-15(2)7-3-6-13-12(18)14-10-5-4-9(8-10)11(16)17/h4-5,9-10H,3,6-8H2,1-2H3,(H,16,17)(H2,13,14,18). The van der Waals surface area contributed by atoms with Gasteiger partial charge in [-0.2, -0.15) is 0 Å². The summed E-state index contributed by atoms with van der Waals surface area (Å²) in [5.74, 6) is -1.33. The van der Waals surface area contributed by atoms with Crippen molar-refractivity contribution in [3.63, 3.8) is 0 Å². The van der Waals surface area contributed by atoms with Gasteiger partial charge in [0.05, 0.1) is 12.0 Å². The van der Waals surface area contributed by atoms with Crippen LogP contribution in [-0.2, 0) is 4.79 Å². The van der Waals surface area contributed by atoms with Crippen LogP contribution in [0.2, 0.25) is 0 Å². The van der Waals surface area contributed by atoms with E-state index in [0.717, 1.165) is 13.0 Å². The molecule has 2 atom stereocenters. The number of hydrogen-bond donors (Lipinski definition) is 3. The minimum Gasteiger partial charge on any atom is -0.481 e. The summed E-state index contributed by atoms with van der Waals surface area (Å²) in [5, 5.41) is 14.3. The molecule has 0 spiro atoms. The average Bonchev–Trinajstić information content (AvgIpc) is 2.72. The summed E-state index contributed by atoms with van der Waals surface area (Å²) in [4.78, 5) is 24.3. The van der Waals surface area contributed by atoms with Gasteiger partial charge in [0.1, 0.15) is 0 Å². The van der Waals surface area contributed by atoms with Gasteiger partial charge in [0.2, 0.25) is 0 Å². The molecule has 0 saturated heterocycles. The van der Waals surface area contributed by atoms with Crippen LogP contribution in [0.4, 0.5) is 4.79 Å². The van der Waals surface area contributed by atoms with Crippen LogP contribution in [0, 0.1) is 5.92 Å². The highest BCUT2D eigenvalue weighted by Crippen LogP contribution is 2.17. The highest BCUT2D eigenvalue weighted by atomic mass is 16.4. The molecule has 0 heterocycles. The zero-order valence-corrected chi connectivity index (χ0v) is 10.8. The summed E-state index contributed by atoms with van der Waals surface area (Å²) in [7, 11) is 3.96. The Bertz CT molecular complexity index is 329. The second-order valence-electron chi connectivity index (χ2n) is 4.73. The summed E-state index contributed by atoms with van der Waals surface area (Å²) in [6.45, 7) is 1.54. The van der Waals surface area contributed by atoms with Crippen LogP contribution in [0.1, 0.15) is 12.8 Å². The third-order valence-corrected chi connectivity index (χ3v) is 2.78. The lowest BCUT2D eigenvalue weighted by Crippen LogP contribution is -2.41. The summed E-state index contributed by atoms with van der Waals surface area (Å²) in [5.41, 5.74) is 0. The second kappa shape index (κ2) is 7.00. The van der Waals surface area contributed by atoms with Gasteiger partial charge in [0, 0.05) is 6.54 Å². The maximum atomic E-state index is 11.5. The monoisotopic (exact) mass is 255 g/mol. The summed E-state index contributed by atoms with van der Waals surface area (Å²) in [6, 6.07) is -0.422. The fraction of sp³-hybridized carbons (Fsp3) is 0.667. The molecule has 0 aromatic carbocycles. The number of carbonyl (C=O) groups is 2. The van der Waals surface area contributed by atoms with Gasteiger partial charge in [0.15, 0.2) is 0 Å². The lowest BCUT2D eigenvalue weighted by atomic mass is 10.1. The van der Waals surface area contributed by atoms with E-state index in [1.807, 2.05) is 14.1 Å². The molecule has 2 unspecified atom stereocenters. The molecular formula is C12H21N3O3. The normalized spacial score (nSPS) is 22.2. The van der Waals surface area contributed by atoms with E-state index in [1.165, 1.54) is 0 Å². The predicted molar refractivity (Wildman–Crippen MR) is 68.4 cm³/mol. The highest BCUT2D eigenvalue weighted by molar-refractivity contribution is 5.76. The quantitative estimate of drug-likeness (QED) is 0.470. The molecular weight excluding hydrogens is 234 g/mol. The Morgan fingerprint density at radius 3 is 2.67 bits per heavy atom. The van der Waals surface area contributed by atoms with Crippen LogP contribution in [0.3, 0.4) is 0 Å². The number of amides is 2. The van der Waals surface area contributed by atoms with Gasteiger partial charge >= 0.3 is 12.0 Å². The molecule has 6 nitrogen and oxygen atoms in total. The molecule has 1 aliphatic rings. The fourth-order valence-electron chi connectivity index (χ4n) is 1.81. The molecule has 0 aromatic heterocycles. The minimum absolute atomic E-state index is 0.181. The molecule has 0 aliphatic heterocycles. The van der Waals surface area contributed by atoms with Crippen LogP contribution in [0.25, 0.3) is 0 Å². The number of urea groups is 1. The molecule has 0 aromatic rings. The van der Waals surface area contributed by atoms with Gasteiger partial charge in [-0.05, 0) is 33.5 Å². The fourth-order valence-corrected chi connectivity index (χ4v) is 1.81. The van der Waals surface area contributed by atoms with E-state index >= 15 is 0 Å². The zero-order valence-electron chi connectivity index (χ0n) is 10.8. The van der Waals surface area contributed by atoms with Gasteiger partial charge in [-0.1, -0.05) is 12.2 Å². The van der Waals surface area contributed by atoms with Gasteiger partial charge in [-0.15, -0.1) is 0 Å². The first-order valence-electron chi connectivity index (χ1n) is 6.09. The van der Waals surface area contributed by atoms with E-state index in [2.05, 4.69) is 15.5 Å². The maximum Gasteiger partial charge on any atom is 0.315 e. The second-order valence-corrected chi connectivity index (χ2v) is 4.73. The number of aliphatic carboxylic acids is 1. The van der Waals surface area contributed by atoms with E-state index in [0.29, 0.717) is 13.0 Å². The third kappa shape index (κ3) is 5.18. The predicted octanol–water partition coefficient (Wildman–Crippen LogP) is 0.267. The van der Waals surface area contributed by atoms with E-state index in [-0.39, 0.29) is 12.1 Å². The summed E-state index contributed by atoms with van der Waals surface area (Å²) < 4.78 is 0. The van der Waals surface area contributed by atoms with Crippen molar-refractivity contribution in [2.45, 2.75) is 18.9 Å². The lowest BCUT2D eigenvalue weighted by Gasteiger charge is -2.14. The Morgan fingerprint density at radius 2 is 2.11 bits per heavy atom. The van der Waals surface area contributed by atoms with E-state index in [1.54, 1.807) is 12.2 Å². The molecule has 1 aliphatic carbocycles. The first-order valence-corrected chi connectivity index (χ1v) is 6.09. The molecule has 0 bridgehead atoms. The molecule has 18 heavy (non-hydrogen) atoms. The first-order chi connectivity index (χ1) is 8.49. The number of hydrogen-bond acceptors (Lipinski definition) is 3. The molecule has 6 heteroatoms.